The van der Waals surface area contributed by atoms with Crippen molar-refractivity contribution in [3.8, 4) is 5.75 Å². The maximum absolute atomic E-state index is 12.0. The van der Waals surface area contributed by atoms with E-state index in [2.05, 4.69) is 10.6 Å². The predicted molar refractivity (Wildman–Crippen MR) is 98.7 cm³/mol. The molecular weight excluding hydrogens is 316 g/mol. The molecule has 0 aliphatic carbocycles. The summed E-state index contributed by atoms with van der Waals surface area (Å²) in [6, 6.07) is 14.9. The molecule has 2 N–H and O–H groups in total. The van der Waals surface area contributed by atoms with E-state index in [4.69, 9.17) is 4.74 Å². The molecule has 0 fully saturated rings. The number of nitrogens with one attached hydrogen (secondary N) is 2. The fraction of sp³-hybridized carbons (Fsp3) is 0.300. The number of anilines is 1. The van der Waals surface area contributed by atoms with E-state index in [1.54, 1.807) is 0 Å². The summed E-state index contributed by atoms with van der Waals surface area (Å²) in [6.07, 6.45) is -0.220. The molecule has 0 radical (unpaired) electrons. The minimum Gasteiger partial charge on any atom is -0.491 e. The second-order valence-electron chi connectivity index (χ2n) is 6.14. The van der Waals surface area contributed by atoms with E-state index in [1.165, 1.54) is 0 Å². The summed E-state index contributed by atoms with van der Waals surface area (Å²) in [4.78, 5) is 23.9. The molecule has 0 aliphatic heterocycles. The Balaban J connectivity index is 1.74. The van der Waals surface area contributed by atoms with Crippen LogP contribution in [-0.4, -0.2) is 24.5 Å². The van der Waals surface area contributed by atoms with Crippen molar-refractivity contribution in [2.75, 3.05) is 11.9 Å². The number of carbonyl (C=O) groups is 2. The van der Waals surface area contributed by atoms with E-state index in [0.29, 0.717) is 12.3 Å². The highest BCUT2D eigenvalue weighted by atomic mass is 16.5. The first-order valence-electron chi connectivity index (χ1n) is 8.28. The minimum absolute atomic E-state index is 0.195. The largest absolute Gasteiger partial charge is 0.491 e. The van der Waals surface area contributed by atoms with Crippen LogP contribution in [0.2, 0.25) is 0 Å². The van der Waals surface area contributed by atoms with Gasteiger partial charge in [0.05, 0.1) is 6.04 Å². The van der Waals surface area contributed by atoms with Gasteiger partial charge in [-0.2, -0.15) is 0 Å². The lowest BCUT2D eigenvalue weighted by Gasteiger charge is -2.16. The number of para-hydroxylation sites is 1. The van der Waals surface area contributed by atoms with Gasteiger partial charge in [0.2, 0.25) is 11.8 Å². The first-order chi connectivity index (χ1) is 11.9. The number of rotatable bonds is 7. The molecule has 0 saturated heterocycles. The van der Waals surface area contributed by atoms with Crippen LogP contribution in [0.1, 0.15) is 24.5 Å². The zero-order chi connectivity index (χ0) is 18.2. The van der Waals surface area contributed by atoms with E-state index in [1.807, 2.05) is 69.3 Å². The van der Waals surface area contributed by atoms with Crippen molar-refractivity contribution >= 4 is 17.5 Å². The predicted octanol–water partition coefficient (Wildman–Crippen LogP) is 3.22. The van der Waals surface area contributed by atoms with Gasteiger partial charge in [0.25, 0.3) is 0 Å². The molecular formula is C20H24N2O3. The van der Waals surface area contributed by atoms with Crippen LogP contribution >= 0.6 is 0 Å². The number of amides is 2. The summed E-state index contributed by atoms with van der Waals surface area (Å²) in [5, 5.41) is 5.48. The van der Waals surface area contributed by atoms with Crippen LogP contribution < -0.4 is 15.4 Å². The Kier molecular flexibility index (Phi) is 6.57. The van der Waals surface area contributed by atoms with Gasteiger partial charge in [-0.05, 0) is 44.5 Å². The molecule has 0 aliphatic rings. The first-order valence-corrected chi connectivity index (χ1v) is 8.28. The van der Waals surface area contributed by atoms with E-state index >= 15 is 0 Å². The van der Waals surface area contributed by atoms with Gasteiger partial charge >= 0.3 is 0 Å². The monoisotopic (exact) mass is 340 g/mol. The molecule has 2 amide bonds. The van der Waals surface area contributed by atoms with Crippen molar-refractivity contribution in [3.63, 3.8) is 0 Å². The fourth-order valence-corrected chi connectivity index (χ4v) is 2.29. The highest BCUT2D eigenvalue weighted by Gasteiger charge is 2.13. The molecule has 1 atom stereocenters. The Hall–Kier alpha value is -2.82. The van der Waals surface area contributed by atoms with E-state index < -0.39 is 0 Å². The van der Waals surface area contributed by atoms with Gasteiger partial charge in [0.1, 0.15) is 18.8 Å². The van der Waals surface area contributed by atoms with Crippen LogP contribution in [0.25, 0.3) is 0 Å². The molecule has 25 heavy (non-hydrogen) atoms. The van der Waals surface area contributed by atoms with Gasteiger partial charge in [-0.15, -0.1) is 0 Å². The van der Waals surface area contributed by atoms with Crippen molar-refractivity contribution in [2.24, 2.45) is 0 Å². The number of carbonyl (C=O) groups excluding carboxylic acids is 2. The molecule has 2 aromatic carbocycles. The van der Waals surface area contributed by atoms with Crippen molar-refractivity contribution in [2.45, 2.75) is 33.2 Å². The third kappa shape index (κ3) is 6.30. The van der Waals surface area contributed by atoms with Gasteiger partial charge in [0, 0.05) is 5.69 Å². The van der Waals surface area contributed by atoms with Crippen molar-refractivity contribution in [1.29, 1.82) is 0 Å². The molecule has 0 saturated carbocycles. The number of aryl methyl sites for hydroxylation is 2. The van der Waals surface area contributed by atoms with Gasteiger partial charge in [-0.25, -0.2) is 0 Å². The summed E-state index contributed by atoms with van der Waals surface area (Å²) in [6.45, 7) is 6.12. The third-order valence-corrected chi connectivity index (χ3v) is 3.65. The average Bonchev–Trinajstić information content (AvgIpc) is 2.56. The molecule has 2 rings (SSSR count). The molecule has 5 heteroatoms. The average molecular weight is 340 g/mol. The minimum atomic E-state index is -0.339. The van der Waals surface area contributed by atoms with Crippen molar-refractivity contribution in [3.05, 3.63) is 59.7 Å². The van der Waals surface area contributed by atoms with Crippen LogP contribution in [0.4, 0.5) is 5.69 Å². The quantitative estimate of drug-likeness (QED) is 0.761. The van der Waals surface area contributed by atoms with Gasteiger partial charge in [-0.1, -0.05) is 35.9 Å². The van der Waals surface area contributed by atoms with Gasteiger partial charge < -0.3 is 15.4 Å². The van der Waals surface area contributed by atoms with E-state index in [0.717, 1.165) is 16.9 Å². The molecule has 0 aromatic heterocycles. The van der Waals surface area contributed by atoms with E-state index in [9.17, 15) is 9.59 Å². The fourth-order valence-electron chi connectivity index (χ4n) is 2.29. The smallest absolute Gasteiger partial charge is 0.233 e. The number of ether oxygens (including phenoxy) is 1. The van der Waals surface area contributed by atoms with Crippen LogP contribution in [0, 0.1) is 13.8 Å². The van der Waals surface area contributed by atoms with Crippen LogP contribution in [0.3, 0.4) is 0 Å². The summed E-state index contributed by atoms with van der Waals surface area (Å²) in [5.41, 5.74) is 2.83. The Labute approximate surface area is 148 Å². The number of benzene rings is 2. The number of hydrogen-bond donors (Lipinski definition) is 2. The number of hydrogen-bond acceptors (Lipinski definition) is 3. The molecule has 2 aromatic rings. The molecule has 5 nitrogen and oxygen atoms in total. The Bertz CT molecular complexity index is 726. The van der Waals surface area contributed by atoms with E-state index in [-0.39, 0.29) is 24.3 Å². The molecule has 0 spiro atoms. The molecule has 0 unspecified atom stereocenters. The highest BCUT2D eigenvalue weighted by Crippen LogP contribution is 2.16. The van der Waals surface area contributed by atoms with Crippen LogP contribution in [0.5, 0.6) is 5.75 Å². The molecule has 0 bridgehead atoms. The summed E-state index contributed by atoms with van der Waals surface area (Å²) >= 11 is 0. The normalized spacial score (nSPS) is 11.5. The standard InChI is InChI=1S/C20H24N2O3/c1-14-8-10-17(11-9-14)22-20(24)12-19(23)21-16(3)13-25-18-7-5-4-6-15(18)2/h4-11,16H,12-13H2,1-3H3,(H,21,23)(H,22,24)/t16-/m1/s1. The van der Waals surface area contributed by atoms with Crippen LogP contribution in [0.15, 0.2) is 48.5 Å². The van der Waals surface area contributed by atoms with Crippen LogP contribution in [-0.2, 0) is 9.59 Å². The van der Waals surface area contributed by atoms with Gasteiger partial charge in [0.15, 0.2) is 0 Å². The lowest BCUT2D eigenvalue weighted by molar-refractivity contribution is -0.127. The lowest BCUT2D eigenvalue weighted by atomic mass is 10.2. The maximum Gasteiger partial charge on any atom is 0.233 e. The summed E-state index contributed by atoms with van der Waals surface area (Å²) < 4.78 is 5.70. The SMILES string of the molecule is Cc1ccc(NC(=O)CC(=O)N[C@H](C)COc2ccccc2C)cc1. The zero-order valence-electron chi connectivity index (χ0n) is 14.8. The topological polar surface area (TPSA) is 67.4 Å². The Morgan fingerprint density at radius 2 is 1.68 bits per heavy atom. The van der Waals surface area contributed by atoms with Gasteiger partial charge in [-0.3, -0.25) is 9.59 Å². The maximum atomic E-state index is 12.0. The second kappa shape index (κ2) is 8.87. The summed E-state index contributed by atoms with van der Waals surface area (Å²) in [7, 11) is 0. The third-order valence-electron chi connectivity index (χ3n) is 3.65. The summed E-state index contributed by atoms with van der Waals surface area (Å²) in [5.74, 6) is 0.125. The Morgan fingerprint density at radius 1 is 1.00 bits per heavy atom. The zero-order valence-corrected chi connectivity index (χ0v) is 14.8. The van der Waals surface area contributed by atoms with Crippen molar-refractivity contribution < 1.29 is 14.3 Å². The molecule has 0 heterocycles. The molecule has 132 valence electrons. The highest BCUT2D eigenvalue weighted by molar-refractivity contribution is 6.03. The second-order valence-corrected chi connectivity index (χ2v) is 6.14. The first kappa shape index (κ1) is 18.5. The lowest BCUT2D eigenvalue weighted by Crippen LogP contribution is -2.38. The van der Waals surface area contributed by atoms with Crippen molar-refractivity contribution in [1.82, 2.24) is 5.32 Å². The Morgan fingerprint density at radius 3 is 2.36 bits per heavy atom.